The maximum atomic E-state index is 11.0. The molecule has 4 aromatic rings. The van der Waals surface area contributed by atoms with Crippen LogP contribution in [0.3, 0.4) is 0 Å². The molecule has 42 heavy (non-hydrogen) atoms. The van der Waals surface area contributed by atoms with E-state index in [1.54, 1.807) is 11.8 Å². The van der Waals surface area contributed by atoms with E-state index in [-0.39, 0.29) is 11.9 Å². The molecule has 3 heterocycles. The van der Waals surface area contributed by atoms with Crippen molar-refractivity contribution in [2.75, 3.05) is 51.3 Å². The van der Waals surface area contributed by atoms with Crippen LogP contribution in [0.5, 0.6) is 0 Å². The minimum absolute atomic E-state index is 0.127. The molecule has 1 unspecified atom stereocenters. The highest BCUT2D eigenvalue weighted by Gasteiger charge is 2.17. The number of anilines is 1. The van der Waals surface area contributed by atoms with Gasteiger partial charge in [0.2, 0.25) is 5.91 Å². The van der Waals surface area contributed by atoms with E-state index in [9.17, 15) is 4.79 Å². The van der Waals surface area contributed by atoms with Crippen molar-refractivity contribution in [3.05, 3.63) is 78.1 Å². The minimum atomic E-state index is -0.343. The Morgan fingerprint density at radius 3 is 2.52 bits per heavy atom. The van der Waals surface area contributed by atoms with E-state index < -0.39 is 0 Å². The van der Waals surface area contributed by atoms with Crippen LogP contribution in [0.2, 0.25) is 0 Å². The zero-order valence-corrected chi connectivity index (χ0v) is 24.3. The minimum Gasteiger partial charge on any atom is -0.380 e. The van der Waals surface area contributed by atoms with E-state index >= 15 is 0 Å². The van der Waals surface area contributed by atoms with Crippen LogP contribution in [0.1, 0.15) is 43.4 Å². The number of unbranched alkanes of at least 4 members (excludes halogenated alkanes) is 1. The molecule has 0 saturated carbocycles. The Bertz CT molecular complexity index is 1400. The molecular formula is C32H41N7O3. The van der Waals surface area contributed by atoms with Gasteiger partial charge in [-0.2, -0.15) is 0 Å². The topological polar surface area (TPSA) is 119 Å². The number of hydrogen-bond acceptors (Lipinski definition) is 8. The number of carbonyl (C=O) groups excluding carboxylic acids is 1. The van der Waals surface area contributed by atoms with E-state index in [1.165, 1.54) is 11.1 Å². The number of aromatic amines is 1. The number of H-pyrrole nitrogens is 1. The largest absolute Gasteiger partial charge is 0.380 e. The second-order valence-corrected chi connectivity index (χ2v) is 10.9. The Morgan fingerprint density at radius 1 is 1.00 bits per heavy atom. The molecule has 5 rings (SSSR count). The third-order valence-corrected chi connectivity index (χ3v) is 7.83. The normalized spacial score (nSPS) is 15.1. The van der Waals surface area contributed by atoms with Crippen LogP contribution >= 0.6 is 0 Å². The molecule has 0 bridgehead atoms. The number of hydrogen-bond donors (Lipinski definition) is 4. The number of aromatic nitrogens is 3. The average molecular weight is 572 g/mol. The number of carbonyl (C=O) groups is 1. The summed E-state index contributed by atoms with van der Waals surface area (Å²) in [5, 5.41) is 13.0. The van der Waals surface area contributed by atoms with Gasteiger partial charge in [0.05, 0.1) is 12.0 Å². The van der Waals surface area contributed by atoms with E-state index in [0.29, 0.717) is 19.6 Å². The van der Waals surface area contributed by atoms with Gasteiger partial charge in [-0.3, -0.25) is 19.8 Å². The molecule has 0 spiro atoms. The van der Waals surface area contributed by atoms with Gasteiger partial charge in [0.25, 0.3) is 0 Å². The number of benzene rings is 2. The molecule has 1 atom stereocenters. The SMILES string of the molecule is CC(Nc1ncnc2[nH]c(-c3ccc(CN4CCN(CCOCCCCC(=O)NO)CC4)cc3)cc12)c1ccccc1. The number of fused-ring (bicyclic) bond motifs is 1. The molecule has 0 aliphatic carbocycles. The number of nitrogens with one attached hydrogen (secondary N) is 3. The maximum Gasteiger partial charge on any atom is 0.243 e. The van der Waals surface area contributed by atoms with E-state index in [2.05, 4.69) is 91.6 Å². The van der Waals surface area contributed by atoms with Crippen molar-refractivity contribution < 1.29 is 14.7 Å². The molecule has 2 aromatic carbocycles. The monoisotopic (exact) mass is 571 g/mol. The van der Waals surface area contributed by atoms with Crippen molar-refractivity contribution in [3.8, 4) is 11.3 Å². The fourth-order valence-electron chi connectivity index (χ4n) is 5.30. The van der Waals surface area contributed by atoms with Gasteiger partial charge in [0.15, 0.2) is 0 Å². The van der Waals surface area contributed by atoms with Crippen LogP contribution in [-0.2, 0) is 16.1 Å². The van der Waals surface area contributed by atoms with E-state index in [0.717, 1.165) is 80.2 Å². The Morgan fingerprint density at radius 2 is 1.76 bits per heavy atom. The molecule has 4 N–H and O–H groups in total. The van der Waals surface area contributed by atoms with Gasteiger partial charge in [-0.1, -0.05) is 54.6 Å². The summed E-state index contributed by atoms with van der Waals surface area (Å²) in [5.74, 6) is 0.482. The van der Waals surface area contributed by atoms with Crippen molar-refractivity contribution in [2.24, 2.45) is 0 Å². The molecule has 1 amide bonds. The molecule has 10 nitrogen and oxygen atoms in total. The zero-order valence-electron chi connectivity index (χ0n) is 24.3. The van der Waals surface area contributed by atoms with Crippen LogP contribution in [0.15, 0.2) is 67.0 Å². The van der Waals surface area contributed by atoms with Crippen LogP contribution < -0.4 is 10.8 Å². The lowest BCUT2D eigenvalue weighted by Crippen LogP contribution is -2.46. The van der Waals surface area contributed by atoms with Crippen molar-refractivity contribution in [1.82, 2.24) is 30.2 Å². The summed E-state index contributed by atoms with van der Waals surface area (Å²) < 4.78 is 5.72. The Kier molecular flexibility index (Phi) is 10.5. The van der Waals surface area contributed by atoms with E-state index in [4.69, 9.17) is 9.94 Å². The summed E-state index contributed by atoms with van der Waals surface area (Å²) in [6.07, 6.45) is 3.47. The number of nitrogens with zero attached hydrogens (tertiary/aromatic N) is 4. The molecule has 1 aliphatic rings. The molecule has 1 saturated heterocycles. The van der Waals surface area contributed by atoms with Gasteiger partial charge in [-0.25, -0.2) is 15.4 Å². The first kappa shape index (κ1) is 29.7. The predicted molar refractivity (Wildman–Crippen MR) is 164 cm³/mol. The molecule has 1 fully saturated rings. The lowest BCUT2D eigenvalue weighted by atomic mass is 10.1. The first-order chi connectivity index (χ1) is 20.6. The number of ether oxygens (including phenoxy) is 1. The number of piperazine rings is 1. The van der Waals surface area contributed by atoms with Crippen molar-refractivity contribution >= 4 is 22.8 Å². The third-order valence-electron chi connectivity index (χ3n) is 7.83. The van der Waals surface area contributed by atoms with Crippen LogP contribution in [0, 0.1) is 0 Å². The van der Waals surface area contributed by atoms with Gasteiger partial charge >= 0.3 is 0 Å². The van der Waals surface area contributed by atoms with Crippen LogP contribution in [0.25, 0.3) is 22.3 Å². The summed E-state index contributed by atoms with van der Waals surface area (Å²) in [6, 6.07) is 21.4. The van der Waals surface area contributed by atoms with Gasteiger partial charge in [0.1, 0.15) is 17.8 Å². The smallest absolute Gasteiger partial charge is 0.243 e. The Balaban J connectivity index is 1.07. The molecule has 0 radical (unpaired) electrons. The number of amides is 1. The summed E-state index contributed by atoms with van der Waals surface area (Å²) in [5.41, 5.74) is 7.14. The molecule has 222 valence electrons. The molecular weight excluding hydrogens is 530 g/mol. The molecule has 2 aromatic heterocycles. The second kappa shape index (κ2) is 14.9. The second-order valence-electron chi connectivity index (χ2n) is 10.9. The highest BCUT2D eigenvalue weighted by atomic mass is 16.5. The summed E-state index contributed by atoms with van der Waals surface area (Å²) in [6.45, 7) is 9.50. The van der Waals surface area contributed by atoms with Crippen LogP contribution in [0.4, 0.5) is 5.82 Å². The Labute approximate surface area is 247 Å². The molecule has 10 heteroatoms. The standard InChI is InChI=1S/C32H41N7O3/c1-24(26-7-3-2-4-8-26)35-31-28-21-29(36-32(28)34-23-33-31)27-12-10-25(11-13-27)22-39-16-14-38(15-17-39)18-20-42-19-6-5-9-30(40)37-41/h2-4,7-8,10-13,21,23-24,41H,5-6,9,14-20,22H2,1H3,(H,37,40)(H2,33,34,35,36). The maximum absolute atomic E-state index is 11.0. The summed E-state index contributed by atoms with van der Waals surface area (Å²) in [4.78, 5) is 28.4. The first-order valence-corrected chi connectivity index (χ1v) is 14.8. The Hall–Kier alpha value is -3.83. The molecule has 1 aliphatic heterocycles. The van der Waals surface area contributed by atoms with E-state index in [1.807, 2.05) is 6.07 Å². The lowest BCUT2D eigenvalue weighted by Gasteiger charge is -2.34. The third kappa shape index (κ3) is 8.13. The number of hydroxylamine groups is 1. The van der Waals surface area contributed by atoms with Gasteiger partial charge in [0, 0.05) is 64.0 Å². The van der Waals surface area contributed by atoms with Crippen molar-refractivity contribution in [3.63, 3.8) is 0 Å². The zero-order chi connectivity index (χ0) is 29.1. The summed E-state index contributed by atoms with van der Waals surface area (Å²) >= 11 is 0. The highest BCUT2D eigenvalue weighted by molar-refractivity contribution is 5.91. The van der Waals surface area contributed by atoms with Gasteiger partial charge < -0.3 is 15.0 Å². The number of rotatable bonds is 14. The average Bonchev–Trinajstić information content (AvgIpc) is 3.47. The van der Waals surface area contributed by atoms with Crippen molar-refractivity contribution in [1.29, 1.82) is 0 Å². The summed E-state index contributed by atoms with van der Waals surface area (Å²) in [7, 11) is 0. The first-order valence-electron chi connectivity index (χ1n) is 14.8. The fourth-order valence-corrected chi connectivity index (χ4v) is 5.30. The van der Waals surface area contributed by atoms with Gasteiger partial charge in [-0.05, 0) is 42.5 Å². The van der Waals surface area contributed by atoms with Gasteiger partial charge in [-0.15, -0.1) is 0 Å². The van der Waals surface area contributed by atoms with Crippen molar-refractivity contribution in [2.45, 2.75) is 38.8 Å². The highest BCUT2D eigenvalue weighted by Crippen LogP contribution is 2.29. The lowest BCUT2D eigenvalue weighted by molar-refractivity contribution is -0.129. The van der Waals surface area contributed by atoms with Crippen LogP contribution in [-0.4, -0.2) is 81.8 Å². The quantitative estimate of drug-likeness (QED) is 0.0985. The predicted octanol–water partition coefficient (Wildman–Crippen LogP) is 4.61. The fraction of sp³-hybridized carbons (Fsp3) is 0.406.